The summed E-state index contributed by atoms with van der Waals surface area (Å²) in [5, 5.41) is 23.4. The number of fused-ring (bicyclic) bond motifs is 1. The summed E-state index contributed by atoms with van der Waals surface area (Å²) in [6.07, 6.45) is 0.748. The fourth-order valence-electron chi connectivity index (χ4n) is 2.62. The molecule has 2 aromatic rings. The number of carbonyl (C=O) groups is 2. The number of carboxylic acid groups (broad SMARTS) is 2. The quantitative estimate of drug-likeness (QED) is 0.838. The third-order valence-electron chi connectivity index (χ3n) is 3.57. The predicted molar refractivity (Wildman–Crippen MR) is 82.3 cm³/mol. The van der Waals surface area contributed by atoms with Gasteiger partial charge in [-0.1, -0.05) is 6.92 Å². The highest BCUT2D eigenvalue weighted by Gasteiger charge is 2.18. The molecule has 0 bridgehead atoms. The van der Waals surface area contributed by atoms with E-state index in [-0.39, 0.29) is 13.1 Å². The number of rotatable bonds is 6. The average molecular weight is 305 g/mol. The van der Waals surface area contributed by atoms with Crippen molar-refractivity contribution in [2.24, 2.45) is 7.05 Å². The molecule has 0 fully saturated rings. The van der Waals surface area contributed by atoms with Crippen LogP contribution in [0.5, 0.6) is 0 Å². The highest BCUT2D eigenvalue weighted by molar-refractivity contribution is 5.89. The summed E-state index contributed by atoms with van der Waals surface area (Å²) in [6.45, 7) is 3.11. The molecule has 0 aliphatic heterocycles. The smallest absolute Gasteiger partial charge is 0.323 e. The second kappa shape index (κ2) is 6.05. The second-order valence-electron chi connectivity index (χ2n) is 5.22. The second-order valence-corrected chi connectivity index (χ2v) is 5.22. The maximum absolute atomic E-state index is 11.0. The first-order valence-corrected chi connectivity index (χ1v) is 6.98. The number of benzene rings is 1. The molecule has 0 atom stereocenters. The number of hydrogen-bond donors (Lipinski definition) is 2. The van der Waals surface area contributed by atoms with Crippen molar-refractivity contribution in [3.05, 3.63) is 23.4 Å². The van der Waals surface area contributed by atoms with Crippen LogP contribution in [0.25, 0.3) is 10.9 Å². The minimum Gasteiger partial charge on any atom is -0.480 e. The Bertz CT molecular complexity index is 720. The summed E-state index contributed by atoms with van der Waals surface area (Å²) in [6, 6.07) is 3.75. The van der Waals surface area contributed by atoms with E-state index in [1.54, 1.807) is 4.68 Å². The summed E-state index contributed by atoms with van der Waals surface area (Å²) >= 11 is 0. The molecule has 0 saturated heterocycles. The molecule has 0 radical (unpaired) electrons. The molecule has 7 nitrogen and oxygen atoms in total. The number of carboxylic acids is 2. The number of aromatic nitrogens is 2. The van der Waals surface area contributed by atoms with Gasteiger partial charge in [-0.15, -0.1) is 0 Å². The molecule has 2 N–H and O–H groups in total. The van der Waals surface area contributed by atoms with Gasteiger partial charge in [0.15, 0.2) is 0 Å². The standard InChI is InChI=1S/C15H19N3O4/c1-4-11-10-6-12(9(2)5-13(10)17(3)16-11)18(7-14(19)20)8-15(21)22/h5-6H,4,7-8H2,1-3H3,(H,19,20)(H,21,22). The van der Waals surface area contributed by atoms with Gasteiger partial charge in [0.1, 0.15) is 13.1 Å². The fourth-order valence-corrected chi connectivity index (χ4v) is 2.62. The van der Waals surface area contributed by atoms with E-state index in [9.17, 15) is 9.59 Å². The van der Waals surface area contributed by atoms with Crippen molar-refractivity contribution < 1.29 is 19.8 Å². The van der Waals surface area contributed by atoms with E-state index in [0.717, 1.165) is 28.6 Å². The van der Waals surface area contributed by atoms with Gasteiger partial charge in [-0.05, 0) is 31.0 Å². The van der Waals surface area contributed by atoms with Crippen molar-refractivity contribution in [2.75, 3.05) is 18.0 Å². The predicted octanol–water partition coefficient (Wildman–Crippen LogP) is 1.42. The lowest BCUT2D eigenvalue weighted by atomic mass is 10.1. The fraction of sp³-hybridized carbons (Fsp3) is 0.400. The number of aryl methyl sites for hydroxylation is 3. The average Bonchev–Trinajstić information content (AvgIpc) is 2.72. The molecule has 0 amide bonds. The highest BCUT2D eigenvalue weighted by Crippen LogP contribution is 2.28. The molecule has 0 aliphatic rings. The van der Waals surface area contributed by atoms with E-state index in [1.165, 1.54) is 4.90 Å². The monoisotopic (exact) mass is 305 g/mol. The Morgan fingerprint density at radius 2 is 1.82 bits per heavy atom. The number of nitrogens with zero attached hydrogens (tertiary/aromatic N) is 3. The topological polar surface area (TPSA) is 95.7 Å². The molecular weight excluding hydrogens is 286 g/mol. The summed E-state index contributed by atoms with van der Waals surface area (Å²) in [7, 11) is 1.85. The minimum absolute atomic E-state index is 0.361. The normalized spacial score (nSPS) is 10.9. The van der Waals surface area contributed by atoms with Crippen LogP contribution in [0, 0.1) is 6.92 Å². The van der Waals surface area contributed by atoms with Crippen molar-refractivity contribution in [3.8, 4) is 0 Å². The maximum Gasteiger partial charge on any atom is 0.323 e. The molecular formula is C15H19N3O4. The number of aliphatic carboxylic acids is 2. The number of hydrogen-bond acceptors (Lipinski definition) is 4. The highest BCUT2D eigenvalue weighted by atomic mass is 16.4. The first-order valence-electron chi connectivity index (χ1n) is 6.98. The molecule has 1 heterocycles. The van der Waals surface area contributed by atoms with Crippen molar-refractivity contribution in [2.45, 2.75) is 20.3 Å². The van der Waals surface area contributed by atoms with Gasteiger partial charge in [-0.25, -0.2) is 0 Å². The lowest BCUT2D eigenvalue weighted by Crippen LogP contribution is -2.34. The maximum atomic E-state index is 11.0. The minimum atomic E-state index is -1.07. The van der Waals surface area contributed by atoms with E-state index >= 15 is 0 Å². The Morgan fingerprint density at radius 3 is 2.32 bits per heavy atom. The lowest BCUT2D eigenvalue weighted by molar-refractivity contribution is -0.136. The third kappa shape index (κ3) is 3.03. The van der Waals surface area contributed by atoms with Crippen LogP contribution < -0.4 is 4.90 Å². The zero-order valence-corrected chi connectivity index (χ0v) is 12.8. The van der Waals surface area contributed by atoms with Gasteiger partial charge in [0.05, 0.1) is 11.2 Å². The van der Waals surface area contributed by atoms with Gasteiger partial charge in [0.2, 0.25) is 0 Å². The number of anilines is 1. The van der Waals surface area contributed by atoms with Crippen LogP contribution in [0.4, 0.5) is 5.69 Å². The van der Waals surface area contributed by atoms with E-state index in [4.69, 9.17) is 10.2 Å². The Kier molecular flexibility index (Phi) is 4.35. The van der Waals surface area contributed by atoms with Gasteiger partial charge in [0.25, 0.3) is 0 Å². The molecule has 1 aromatic carbocycles. The van der Waals surface area contributed by atoms with E-state index in [1.807, 2.05) is 33.0 Å². The van der Waals surface area contributed by atoms with Gasteiger partial charge in [0, 0.05) is 18.1 Å². The molecule has 0 saturated carbocycles. The lowest BCUT2D eigenvalue weighted by Gasteiger charge is -2.23. The van der Waals surface area contributed by atoms with E-state index in [2.05, 4.69) is 5.10 Å². The van der Waals surface area contributed by atoms with Crippen LogP contribution in [-0.2, 0) is 23.1 Å². The molecule has 118 valence electrons. The zero-order chi connectivity index (χ0) is 16.4. The Balaban J connectivity index is 2.58. The zero-order valence-electron chi connectivity index (χ0n) is 12.8. The molecule has 22 heavy (non-hydrogen) atoms. The van der Waals surface area contributed by atoms with Crippen LogP contribution in [0.2, 0.25) is 0 Å². The summed E-state index contributed by atoms with van der Waals surface area (Å²) < 4.78 is 1.78. The van der Waals surface area contributed by atoms with Crippen LogP contribution in [-0.4, -0.2) is 45.0 Å². The Morgan fingerprint density at radius 1 is 1.23 bits per heavy atom. The van der Waals surface area contributed by atoms with Crippen molar-refractivity contribution in [1.82, 2.24) is 9.78 Å². The van der Waals surface area contributed by atoms with Gasteiger partial charge >= 0.3 is 11.9 Å². The summed E-state index contributed by atoms with van der Waals surface area (Å²) in [5.41, 5.74) is 3.29. The summed E-state index contributed by atoms with van der Waals surface area (Å²) in [5.74, 6) is -2.13. The molecule has 1 aromatic heterocycles. The Labute approximate surface area is 127 Å². The molecule has 0 aliphatic carbocycles. The van der Waals surface area contributed by atoms with Crippen LogP contribution in [0.3, 0.4) is 0 Å². The van der Waals surface area contributed by atoms with Crippen molar-refractivity contribution in [3.63, 3.8) is 0 Å². The first-order chi connectivity index (χ1) is 10.3. The third-order valence-corrected chi connectivity index (χ3v) is 3.57. The van der Waals surface area contributed by atoms with Gasteiger partial charge in [-0.2, -0.15) is 5.10 Å². The van der Waals surface area contributed by atoms with Crippen LogP contribution >= 0.6 is 0 Å². The molecule has 0 unspecified atom stereocenters. The Hall–Kier alpha value is -2.57. The van der Waals surface area contributed by atoms with Crippen molar-refractivity contribution in [1.29, 1.82) is 0 Å². The summed E-state index contributed by atoms with van der Waals surface area (Å²) in [4.78, 5) is 23.4. The van der Waals surface area contributed by atoms with E-state index < -0.39 is 11.9 Å². The van der Waals surface area contributed by atoms with E-state index in [0.29, 0.717) is 5.69 Å². The van der Waals surface area contributed by atoms with Crippen LogP contribution in [0.15, 0.2) is 12.1 Å². The molecule has 0 spiro atoms. The molecule has 7 heteroatoms. The largest absolute Gasteiger partial charge is 0.480 e. The SMILES string of the molecule is CCc1nn(C)c2cc(C)c(N(CC(=O)O)CC(=O)O)cc12. The van der Waals surface area contributed by atoms with Crippen LogP contribution in [0.1, 0.15) is 18.2 Å². The molecule has 2 rings (SSSR count). The van der Waals surface area contributed by atoms with Gasteiger partial charge in [-0.3, -0.25) is 14.3 Å². The van der Waals surface area contributed by atoms with Crippen molar-refractivity contribution >= 4 is 28.5 Å². The van der Waals surface area contributed by atoms with Gasteiger partial charge < -0.3 is 15.1 Å². The first kappa shape index (κ1) is 15.8.